The Morgan fingerprint density at radius 1 is 1.00 bits per heavy atom. The van der Waals surface area contributed by atoms with Crippen molar-refractivity contribution in [2.75, 3.05) is 0 Å². The summed E-state index contributed by atoms with van der Waals surface area (Å²) in [6.07, 6.45) is -0.748. The van der Waals surface area contributed by atoms with Crippen LogP contribution in [0, 0.1) is 0 Å². The summed E-state index contributed by atoms with van der Waals surface area (Å²) in [7, 11) is 0. The van der Waals surface area contributed by atoms with E-state index in [0.717, 1.165) is 10.0 Å². The molecule has 0 bridgehead atoms. The molecule has 0 saturated heterocycles. The van der Waals surface area contributed by atoms with Gasteiger partial charge in [-0.25, -0.2) is 0 Å². The second-order valence-corrected chi connectivity index (χ2v) is 5.35. The van der Waals surface area contributed by atoms with Crippen LogP contribution in [0.4, 0.5) is 0 Å². The Morgan fingerprint density at radius 3 is 2.18 bits per heavy atom. The monoisotopic (exact) mass is 330 g/mol. The molecule has 1 N–H and O–H groups in total. The van der Waals surface area contributed by atoms with E-state index in [-0.39, 0.29) is 0 Å². The van der Waals surface area contributed by atoms with Crippen LogP contribution < -0.4 is 0 Å². The third-order valence-electron chi connectivity index (χ3n) is 2.40. The summed E-state index contributed by atoms with van der Waals surface area (Å²) < 4.78 is 0.851. The molecule has 2 rings (SSSR count). The van der Waals surface area contributed by atoms with Gasteiger partial charge in [0.05, 0.1) is 0 Å². The van der Waals surface area contributed by atoms with Crippen LogP contribution in [0.1, 0.15) is 17.2 Å². The molecule has 0 radical (unpaired) electrons. The maximum absolute atomic E-state index is 10.3. The summed E-state index contributed by atoms with van der Waals surface area (Å²) in [4.78, 5) is 0. The van der Waals surface area contributed by atoms with Crippen LogP contribution in [-0.4, -0.2) is 5.11 Å². The van der Waals surface area contributed by atoms with Gasteiger partial charge in [-0.05, 0) is 35.4 Å². The molecule has 1 nitrogen and oxygen atoms in total. The fourth-order valence-corrected chi connectivity index (χ4v) is 2.65. The van der Waals surface area contributed by atoms with Gasteiger partial charge in [-0.3, -0.25) is 0 Å². The van der Waals surface area contributed by atoms with Crippen molar-refractivity contribution in [1.29, 1.82) is 0 Å². The van der Waals surface area contributed by atoms with Crippen molar-refractivity contribution in [2.45, 2.75) is 6.10 Å². The van der Waals surface area contributed by atoms with Gasteiger partial charge >= 0.3 is 0 Å². The van der Waals surface area contributed by atoms with E-state index in [0.29, 0.717) is 15.6 Å². The molecule has 0 heterocycles. The topological polar surface area (TPSA) is 20.2 Å². The maximum atomic E-state index is 10.3. The summed E-state index contributed by atoms with van der Waals surface area (Å²) in [5.74, 6) is 0. The molecule has 0 saturated carbocycles. The average Bonchev–Trinajstić information content (AvgIpc) is 2.27. The quantitative estimate of drug-likeness (QED) is 0.835. The van der Waals surface area contributed by atoms with E-state index >= 15 is 0 Å². The molecule has 88 valence electrons. The molecule has 0 aliphatic carbocycles. The number of rotatable bonds is 2. The smallest absolute Gasteiger partial charge is 0.105 e. The number of aliphatic hydroxyl groups is 1. The zero-order valence-corrected chi connectivity index (χ0v) is 11.8. The first-order chi connectivity index (χ1) is 8.08. The van der Waals surface area contributed by atoms with Crippen LogP contribution in [0.25, 0.3) is 0 Å². The van der Waals surface area contributed by atoms with Crippen molar-refractivity contribution >= 4 is 39.1 Å². The van der Waals surface area contributed by atoms with Crippen molar-refractivity contribution < 1.29 is 5.11 Å². The second-order valence-electron chi connectivity index (χ2n) is 3.63. The van der Waals surface area contributed by atoms with Crippen LogP contribution in [0.15, 0.2) is 46.9 Å². The van der Waals surface area contributed by atoms with E-state index < -0.39 is 6.10 Å². The fourth-order valence-electron chi connectivity index (χ4n) is 1.61. The van der Waals surface area contributed by atoms with Gasteiger partial charge in [-0.15, -0.1) is 0 Å². The molecule has 2 aromatic rings. The highest BCUT2D eigenvalue weighted by atomic mass is 79.9. The molecule has 0 amide bonds. The second kappa shape index (κ2) is 5.40. The Labute approximate surface area is 118 Å². The zero-order valence-electron chi connectivity index (χ0n) is 8.70. The lowest BCUT2D eigenvalue weighted by Gasteiger charge is -2.13. The lowest BCUT2D eigenvalue weighted by molar-refractivity contribution is 0.219. The van der Waals surface area contributed by atoms with Crippen LogP contribution in [0.5, 0.6) is 0 Å². The number of benzene rings is 2. The van der Waals surface area contributed by atoms with Gasteiger partial charge in [-0.2, -0.15) is 0 Å². The third-order valence-corrected chi connectivity index (χ3v) is 3.56. The Morgan fingerprint density at radius 2 is 1.59 bits per heavy atom. The van der Waals surface area contributed by atoms with E-state index in [1.807, 2.05) is 24.3 Å². The van der Waals surface area contributed by atoms with Crippen LogP contribution in [-0.2, 0) is 0 Å². The first-order valence-corrected chi connectivity index (χ1v) is 6.51. The Balaban J connectivity index is 2.43. The molecular formula is C13H9BrCl2O. The third kappa shape index (κ3) is 3.02. The van der Waals surface area contributed by atoms with Gasteiger partial charge in [0.2, 0.25) is 0 Å². The van der Waals surface area contributed by atoms with Gasteiger partial charge in [-0.1, -0.05) is 57.3 Å². The zero-order chi connectivity index (χ0) is 12.4. The minimum atomic E-state index is -0.748. The molecule has 0 aliphatic heterocycles. The average molecular weight is 332 g/mol. The fraction of sp³-hybridized carbons (Fsp3) is 0.0769. The van der Waals surface area contributed by atoms with Crippen LogP contribution >= 0.6 is 39.1 Å². The Bertz CT molecular complexity index is 522. The summed E-state index contributed by atoms with van der Waals surface area (Å²) in [6.45, 7) is 0. The predicted molar refractivity (Wildman–Crippen MR) is 74.7 cm³/mol. The van der Waals surface area contributed by atoms with Crippen molar-refractivity contribution in [3.05, 3.63) is 68.1 Å². The summed E-state index contributed by atoms with van der Waals surface area (Å²) >= 11 is 15.2. The van der Waals surface area contributed by atoms with Gasteiger partial charge in [0.1, 0.15) is 6.10 Å². The minimum absolute atomic E-state index is 0.513. The number of halogens is 3. The van der Waals surface area contributed by atoms with Crippen molar-refractivity contribution in [2.24, 2.45) is 0 Å². The molecular weight excluding hydrogens is 323 g/mol. The maximum Gasteiger partial charge on any atom is 0.105 e. The lowest BCUT2D eigenvalue weighted by Crippen LogP contribution is -2.00. The van der Waals surface area contributed by atoms with Gasteiger partial charge in [0, 0.05) is 14.5 Å². The largest absolute Gasteiger partial charge is 0.384 e. The molecule has 2 aromatic carbocycles. The van der Waals surface area contributed by atoms with E-state index in [9.17, 15) is 5.11 Å². The normalized spacial score (nSPS) is 12.5. The number of hydrogen-bond donors (Lipinski definition) is 1. The Hall–Kier alpha value is -0.540. The highest BCUT2D eigenvalue weighted by Crippen LogP contribution is 2.31. The molecule has 0 spiro atoms. The first kappa shape index (κ1) is 12.9. The van der Waals surface area contributed by atoms with Gasteiger partial charge < -0.3 is 5.11 Å². The molecule has 0 aromatic heterocycles. The van der Waals surface area contributed by atoms with E-state index in [4.69, 9.17) is 23.2 Å². The summed E-state index contributed by atoms with van der Waals surface area (Å²) in [5, 5.41) is 11.3. The molecule has 0 fully saturated rings. The van der Waals surface area contributed by atoms with Crippen LogP contribution in [0.3, 0.4) is 0 Å². The van der Waals surface area contributed by atoms with Gasteiger partial charge in [0.25, 0.3) is 0 Å². The van der Waals surface area contributed by atoms with Gasteiger partial charge in [0.15, 0.2) is 0 Å². The first-order valence-electron chi connectivity index (χ1n) is 4.96. The van der Waals surface area contributed by atoms with Crippen molar-refractivity contribution in [1.82, 2.24) is 0 Å². The molecule has 0 aliphatic rings. The number of aliphatic hydroxyl groups excluding tert-OH is 1. The summed E-state index contributed by atoms with van der Waals surface area (Å²) in [5.41, 5.74) is 1.46. The minimum Gasteiger partial charge on any atom is -0.384 e. The van der Waals surface area contributed by atoms with E-state index in [1.54, 1.807) is 18.2 Å². The SMILES string of the molecule is O[C@@H](c1cc(Cl)cc(Cl)c1)c1ccccc1Br. The molecule has 1 atom stereocenters. The summed E-state index contributed by atoms with van der Waals surface area (Å²) in [6, 6.07) is 12.5. The van der Waals surface area contributed by atoms with Crippen molar-refractivity contribution in [3.63, 3.8) is 0 Å². The molecule has 17 heavy (non-hydrogen) atoms. The highest BCUT2D eigenvalue weighted by Gasteiger charge is 2.14. The molecule has 0 unspecified atom stereocenters. The molecule has 4 heteroatoms. The van der Waals surface area contributed by atoms with Crippen LogP contribution in [0.2, 0.25) is 10.0 Å². The Kier molecular flexibility index (Phi) is 4.10. The van der Waals surface area contributed by atoms with E-state index in [2.05, 4.69) is 15.9 Å². The lowest BCUT2D eigenvalue weighted by atomic mass is 10.0. The number of hydrogen-bond acceptors (Lipinski definition) is 1. The highest BCUT2D eigenvalue weighted by molar-refractivity contribution is 9.10. The van der Waals surface area contributed by atoms with E-state index in [1.165, 1.54) is 0 Å². The predicted octanol–water partition coefficient (Wildman–Crippen LogP) is 4.84. The standard InChI is InChI=1S/C13H9BrCl2O/c14-12-4-2-1-3-11(12)13(17)8-5-9(15)7-10(16)6-8/h1-7,13,17H/t13-/m0/s1. The van der Waals surface area contributed by atoms with Crippen molar-refractivity contribution in [3.8, 4) is 0 Å².